The van der Waals surface area contributed by atoms with E-state index in [1.165, 1.54) is 58.0 Å². The normalized spacial score (nSPS) is 28.4. The fraction of sp³-hybridized carbons (Fsp3) is 0.682. The third-order valence-electron chi connectivity index (χ3n) is 6.81. The Morgan fingerprint density at radius 2 is 1.64 bits per heavy atom. The quantitative estimate of drug-likeness (QED) is 0.604. The van der Waals surface area contributed by atoms with Gasteiger partial charge >= 0.3 is 0 Å². The van der Waals surface area contributed by atoms with Crippen LogP contribution in [0.3, 0.4) is 0 Å². The van der Waals surface area contributed by atoms with Crippen molar-refractivity contribution in [2.45, 2.75) is 69.9 Å². The van der Waals surface area contributed by atoms with Gasteiger partial charge in [0.25, 0.3) is 0 Å². The molecule has 2 aliphatic heterocycles. The number of fused-ring (bicyclic) bond motifs is 1. The summed E-state index contributed by atoms with van der Waals surface area (Å²) in [4.78, 5) is 18.3. The Kier molecular flexibility index (Phi) is 7.95. The highest BCUT2D eigenvalue weighted by atomic mass is 35.5. The summed E-state index contributed by atoms with van der Waals surface area (Å²) in [7, 11) is 0. The van der Waals surface area contributed by atoms with Crippen LogP contribution >= 0.6 is 35.6 Å². The lowest BCUT2D eigenvalue weighted by molar-refractivity contribution is -0.138. The Labute approximate surface area is 185 Å². The number of hydrogen-bond acceptors (Lipinski definition) is 2. The van der Waals surface area contributed by atoms with Crippen molar-refractivity contribution in [2.24, 2.45) is 5.92 Å². The Bertz CT molecular complexity index is 678. The Balaban J connectivity index is 0.00000225. The Morgan fingerprint density at radius 3 is 2.39 bits per heavy atom. The summed E-state index contributed by atoms with van der Waals surface area (Å²) in [5.74, 6) is 0.929. The molecule has 1 amide bonds. The molecule has 0 N–H and O–H groups in total. The van der Waals surface area contributed by atoms with Crippen molar-refractivity contribution in [3.63, 3.8) is 0 Å². The number of rotatable bonds is 3. The monoisotopic (exact) mass is 444 g/mol. The molecule has 0 aromatic heterocycles. The van der Waals surface area contributed by atoms with Crippen molar-refractivity contribution in [1.29, 1.82) is 0 Å². The summed E-state index contributed by atoms with van der Waals surface area (Å²) in [5.41, 5.74) is 0.961. The zero-order valence-corrected chi connectivity index (χ0v) is 18.7. The van der Waals surface area contributed by atoms with Gasteiger partial charge in [-0.25, -0.2) is 0 Å². The van der Waals surface area contributed by atoms with Crippen LogP contribution in [-0.2, 0) is 11.2 Å². The smallest absolute Gasteiger partial charge is 0.227 e. The van der Waals surface area contributed by atoms with Gasteiger partial charge in [-0.3, -0.25) is 9.69 Å². The van der Waals surface area contributed by atoms with Crippen molar-refractivity contribution >= 4 is 41.5 Å². The minimum Gasteiger partial charge on any atom is -0.338 e. The van der Waals surface area contributed by atoms with E-state index in [4.69, 9.17) is 23.2 Å². The van der Waals surface area contributed by atoms with E-state index in [-0.39, 0.29) is 18.3 Å². The summed E-state index contributed by atoms with van der Waals surface area (Å²) in [6.45, 7) is 3.33. The van der Waals surface area contributed by atoms with Crippen LogP contribution in [0.4, 0.5) is 0 Å². The van der Waals surface area contributed by atoms with E-state index in [0.29, 0.717) is 34.5 Å². The van der Waals surface area contributed by atoms with Crippen LogP contribution in [0.5, 0.6) is 0 Å². The van der Waals surface area contributed by atoms with Gasteiger partial charge in [0.1, 0.15) is 0 Å². The molecular formula is C22H31Cl3N2O. The van der Waals surface area contributed by atoms with Crippen LogP contribution in [0.2, 0.25) is 10.0 Å². The molecule has 2 saturated heterocycles. The van der Waals surface area contributed by atoms with E-state index in [9.17, 15) is 4.79 Å². The molecule has 6 heteroatoms. The van der Waals surface area contributed by atoms with Gasteiger partial charge in [0.2, 0.25) is 5.91 Å². The van der Waals surface area contributed by atoms with Crippen LogP contribution in [0, 0.1) is 5.92 Å². The molecule has 3 aliphatic rings. The number of carbonyl (C=O) groups excluding carboxylic acids is 1. The number of piperidine rings is 1. The van der Waals surface area contributed by atoms with Crippen molar-refractivity contribution in [2.75, 3.05) is 19.6 Å². The molecule has 1 aromatic rings. The number of hydrogen-bond donors (Lipinski definition) is 0. The predicted molar refractivity (Wildman–Crippen MR) is 119 cm³/mol. The molecule has 0 radical (unpaired) electrons. The summed E-state index contributed by atoms with van der Waals surface area (Å²) in [6, 6.07) is 6.52. The van der Waals surface area contributed by atoms with Crippen LogP contribution < -0.4 is 0 Å². The second-order valence-corrected chi connectivity index (χ2v) is 9.31. The van der Waals surface area contributed by atoms with E-state index in [2.05, 4.69) is 9.80 Å². The Morgan fingerprint density at radius 1 is 0.929 bits per heavy atom. The third kappa shape index (κ3) is 4.80. The second kappa shape index (κ2) is 10.0. The molecule has 4 rings (SSSR count). The lowest BCUT2D eigenvalue weighted by Crippen LogP contribution is -2.58. The summed E-state index contributed by atoms with van der Waals surface area (Å²) in [5, 5.41) is 1.08. The van der Waals surface area contributed by atoms with E-state index in [1.54, 1.807) is 6.07 Å². The van der Waals surface area contributed by atoms with Gasteiger partial charge < -0.3 is 4.90 Å². The van der Waals surface area contributed by atoms with E-state index in [1.807, 2.05) is 12.1 Å². The molecule has 2 heterocycles. The first-order valence-electron chi connectivity index (χ1n) is 10.6. The average molecular weight is 446 g/mol. The molecule has 3 nitrogen and oxygen atoms in total. The molecule has 3 fully saturated rings. The fourth-order valence-electron chi connectivity index (χ4n) is 5.55. The zero-order chi connectivity index (χ0) is 18.8. The minimum atomic E-state index is 0. The van der Waals surface area contributed by atoms with Crippen molar-refractivity contribution in [3.05, 3.63) is 33.8 Å². The van der Waals surface area contributed by atoms with Gasteiger partial charge in [-0.2, -0.15) is 0 Å². The van der Waals surface area contributed by atoms with E-state index < -0.39 is 0 Å². The first-order chi connectivity index (χ1) is 13.1. The standard InChI is InChI=1S/C22H30Cl2N2O.ClH/c23-18-10-9-16(14-19(18)24)15-21(27)26-13-5-7-17-6-1-2-8-20(22(17)26)25-11-3-4-12-25;/h9-10,14,17,20,22H,1-8,11-13,15H2;1H. The van der Waals surface area contributed by atoms with Gasteiger partial charge in [-0.15, -0.1) is 12.4 Å². The lowest BCUT2D eigenvalue weighted by atomic mass is 9.82. The van der Waals surface area contributed by atoms with Crippen LogP contribution in [-0.4, -0.2) is 47.4 Å². The van der Waals surface area contributed by atoms with Crippen molar-refractivity contribution in [1.82, 2.24) is 9.80 Å². The molecule has 1 saturated carbocycles. The second-order valence-electron chi connectivity index (χ2n) is 8.50. The summed E-state index contributed by atoms with van der Waals surface area (Å²) < 4.78 is 0. The molecule has 3 atom stereocenters. The minimum absolute atomic E-state index is 0. The number of halogens is 3. The largest absolute Gasteiger partial charge is 0.338 e. The van der Waals surface area contributed by atoms with Crippen molar-refractivity contribution < 1.29 is 4.79 Å². The molecule has 0 bridgehead atoms. The van der Waals surface area contributed by atoms with Gasteiger partial charge in [0.05, 0.1) is 22.5 Å². The first-order valence-corrected chi connectivity index (χ1v) is 11.4. The number of amides is 1. The first kappa shape index (κ1) is 22.2. The van der Waals surface area contributed by atoms with Crippen LogP contribution in [0.15, 0.2) is 18.2 Å². The van der Waals surface area contributed by atoms with Gasteiger partial charge in [0.15, 0.2) is 0 Å². The molecule has 156 valence electrons. The summed E-state index contributed by atoms with van der Waals surface area (Å²) >= 11 is 12.2. The van der Waals surface area contributed by atoms with Gasteiger partial charge in [-0.05, 0) is 75.2 Å². The Hall–Kier alpha value is -0.480. The van der Waals surface area contributed by atoms with Gasteiger partial charge in [0, 0.05) is 12.6 Å². The third-order valence-corrected chi connectivity index (χ3v) is 7.54. The molecule has 3 unspecified atom stereocenters. The van der Waals surface area contributed by atoms with E-state index >= 15 is 0 Å². The maximum Gasteiger partial charge on any atom is 0.227 e. The number of likely N-dealkylation sites (tertiary alicyclic amines) is 2. The van der Waals surface area contributed by atoms with Crippen LogP contribution in [0.25, 0.3) is 0 Å². The number of benzene rings is 1. The van der Waals surface area contributed by atoms with Gasteiger partial charge in [-0.1, -0.05) is 42.1 Å². The number of carbonyl (C=O) groups is 1. The number of nitrogens with zero attached hydrogens (tertiary/aromatic N) is 2. The molecule has 1 aliphatic carbocycles. The molecular weight excluding hydrogens is 415 g/mol. The predicted octanol–water partition coefficient (Wildman–Crippen LogP) is 5.60. The van der Waals surface area contributed by atoms with Crippen molar-refractivity contribution in [3.8, 4) is 0 Å². The SMILES string of the molecule is Cl.O=C(Cc1ccc(Cl)c(Cl)c1)N1CCCC2CCCCC(N3CCCC3)C21. The summed E-state index contributed by atoms with van der Waals surface area (Å²) in [6.07, 6.45) is 10.6. The fourth-order valence-corrected chi connectivity index (χ4v) is 5.88. The van der Waals surface area contributed by atoms with E-state index in [0.717, 1.165) is 18.5 Å². The highest BCUT2D eigenvalue weighted by Gasteiger charge is 2.42. The maximum atomic E-state index is 13.3. The lowest BCUT2D eigenvalue weighted by Gasteiger charge is -2.47. The topological polar surface area (TPSA) is 23.6 Å². The highest BCUT2D eigenvalue weighted by Crippen LogP contribution is 2.38. The molecule has 1 aromatic carbocycles. The average Bonchev–Trinajstić information content (AvgIpc) is 3.11. The zero-order valence-electron chi connectivity index (χ0n) is 16.4. The van der Waals surface area contributed by atoms with Crippen LogP contribution in [0.1, 0.15) is 56.9 Å². The maximum absolute atomic E-state index is 13.3. The highest BCUT2D eigenvalue weighted by molar-refractivity contribution is 6.42. The molecule has 28 heavy (non-hydrogen) atoms. The molecule has 0 spiro atoms.